The average Bonchev–Trinajstić information content (AvgIpc) is 2.42. The third kappa shape index (κ3) is 4.14. The Kier molecular flexibility index (Phi) is 5.22. The van der Waals surface area contributed by atoms with Crippen molar-refractivity contribution in [1.82, 2.24) is 4.72 Å². The molecule has 2 rings (SSSR count). The van der Waals surface area contributed by atoms with Gasteiger partial charge in [-0.15, -0.1) is 0 Å². The number of anilines is 1. The molecule has 4 nitrogen and oxygen atoms in total. The van der Waals surface area contributed by atoms with Gasteiger partial charge in [0.2, 0.25) is 10.0 Å². The third-order valence-electron chi connectivity index (χ3n) is 3.96. The number of hydrogen-bond acceptors (Lipinski definition) is 4. The fraction of sp³-hybridized carbons (Fsp3) is 0.600. The van der Waals surface area contributed by atoms with Gasteiger partial charge in [-0.25, -0.2) is 13.1 Å². The molecule has 0 radical (unpaired) electrons. The van der Waals surface area contributed by atoms with E-state index >= 15 is 0 Å². The fourth-order valence-electron chi connectivity index (χ4n) is 2.38. The molecular weight excluding hydrogens is 304 g/mol. The molecule has 0 spiro atoms. The van der Waals surface area contributed by atoms with Crippen LogP contribution in [0.5, 0.6) is 0 Å². The lowest BCUT2D eigenvalue weighted by atomic mass is 9.82. The van der Waals surface area contributed by atoms with Gasteiger partial charge in [0.1, 0.15) is 0 Å². The van der Waals surface area contributed by atoms with Gasteiger partial charge in [-0.2, -0.15) is 11.8 Å². The van der Waals surface area contributed by atoms with Crippen LogP contribution in [0.25, 0.3) is 0 Å². The van der Waals surface area contributed by atoms with Crippen molar-refractivity contribution in [1.29, 1.82) is 0 Å². The Morgan fingerprint density at radius 1 is 1.29 bits per heavy atom. The maximum Gasteiger partial charge on any atom is 0.240 e. The number of hydrogen-bond donors (Lipinski definition) is 2. The van der Waals surface area contributed by atoms with Crippen molar-refractivity contribution in [3.05, 3.63) is 24.3 Å². The molecular formula is C15H24N2O2S2. The molecule has 2 N–H and O–H groups in total. The molecule has 1 fully saturated rings. The van der Waals surface area contributed by atoms with Gasteiger partial charge in [0, 0.05) is 24.0 Å². The first kappa shape index (κ1) is 16.6. The minimum Gasteiger partial charge on any atom is -0.381 e. The van der Waals surface area contributed by atoms with E-state index in [1.54, 1.807) is 19.1 Å². The molecule has 0 aliphatic carbocycles. The van der Waals surface area contributed by atoms with E-state index in [4.69, 9.17) is 0 Å². The van der Waals surface area contributed by atoms with Crippen molar-refractivity contribution >= 4 is 27.5 Å². The molecule has 1 unspecified atom stereocenters. The lowest BCUT2D eigenvalue weighted by Crippen LogP contribution is -2.41. The monoisotopic (exact) mass is 328 g/mol. The summed E-state index contributed by atoms with van der Waals surface area (Å²) in [4.78, 5) is 0.312. The van der Waals surface area contributed by atoms with Crippen molar-refractivity contribution in [3.63, 3.8) is 0 Å². The smallest absolute Gasteiger partial charge is 0.240 e. The largest absolute Gasteiger partial charge is 0.381 e. The highest BCUT2D eigenvalue weighted by atomic mass is 32.2. The zero-order valence-electron chi connectivity index (χ0n) is 12.8. The van der Waals surface area contributed by atoms with E-state index in [1.165, 1.54) is 12.2 Å². The van der Waals surface area contributed by atoms with Gasteiger partial charge < -0.3 is 5.32 Å². The average molecular weight is 329 g/mol. The molecule has 1 aliphatic rings. The molecule has 1 aromatic rings. The van der Waals surface area contributed by atoms with Gasteiger partial charge in [0.25, 0.3) is 0 Å². The van der Waals surface area contributed by atoms with Crippen molar-refractivity contribution in [3.8, 4) is 0 Å². The number of thioether (sulfide) groups is 1. The van der Waals surface area contributed by atoms with Gasteiger partial charge in [-0.05, 0) is 41.9 Å². The SMILES string of the molecule is CCNS(=O)(=O)c1ccc(NC2CSCCC2(C)C)cc1. The van der Waals surface area contributed by atoms with Crippen LogP contribution in [0.3, 0.4) is 0 Å². The van der Waals surface area contributed by atoms with E-state index in [1.807, 2.05) is 23.9 Å². The predicted octanol–water partition coefficient (Wildman–Crippen LogP) is 2.93. The van der Waals surface area contributed by atoms with E-state index in [-0.39, 0.29) is 5.41 Å². The summed E-state index contributed by atoms with van der Waals surface area (Å²) in [5.74, 6) is 2.30. The molecule has 118 valence electrons. The second-order valence-electron chi connectivity index (χ2n) is 6.04. The molecule has 1 aliphatic heterocycles. The molecule has 0 saturated carbocycles. The molecule has 0 bridgehead atoms. The Balaban J connectivity index is 2.09. The molecule has 21 heavy (non-hydrogen) atoms. The van der Waals surface area contributed by atoms with Gasteiger partial charge >= 0.3 is 0 Å². The highest BCUT2D eigenvalue weighted by Crippen LogP contribution is 2.36. The van der Waals surface area contributed by atoms with Crippen LogP contribution in [0.1, 0.15) is 27.2 Å². The van der Waals surface area contributed by atoms with Crippen LogP contribution in [0.2, 0.25) is 0 Å². The highest BCUT2D eigenvalue weighted by molar-refractivity contribution is 7.99. The fourth-order valence-corrected chi connectivity index (χ4v) is 5.03. The lowest BCUT2D eigenvalue weighted by molar-refractivity contribution is 0.305. The van der Waals surface area contributed by atoms with Gasteiger partial charge in [-0.3, -0.25) is 0 Å². The molecule has 0 amide bonds. The van der Waals surface area contributed by atoms with E-state index in [9.17, 15) is 8.42 Å². The summed E-state index contributed by atoms with van der Waals surface area (Å²) >= 11 is 1.97. The van der Waals surface area contributed by atoms with Crippen LogP contribution in [0.15, 0.2) is 29.2 Å². The van der Waals surface area contributed by atoms with Gasteiger partial charge in [0.05, 0.1) is 4.90 Å². The highest BCUT2D eigenvalue weighted by Gasteiger charge is 2.32. The second kappa shape index (κ2) is 6.58. The minimum absolute atomic E-state index is 0.264. The Labute approximate surface area is 132 Å². The molecule has 1 aromatic carbocycles. The normalized spacial score (nSPS) is 22.0. The van der Waals surface area contributed by atoms with Crippen LogP contribution in [-0.2, 0) is 10.0 Å². The topological polar surface area (TPSA) is 58.2 Å². The maximum atomic E-state index is 11.9. The standard InChI is InChI=1S/C15H24N2O2S2/c1-4-16-21(18,19)13-7-5-12(6-8-13)17-14-11-20-10-9-15(14,2)3/h5-8,14,16-17H,4,9-11H2,1-3H3. The second-order valence-corrected chi connectivity index (χ2v) is 8.95. The summed E-state index contributed by atoms with van der Waals surface area (Å²) in [6.45, 7) is 6.74. The van der Waals surface area contributed by atoms with Gasteiger partial charge in [-0.1, -0.05) is 20.8 Å². The first-order valence-electron chi connectivity index (χ1n) is 7.29. The Bertz CT molecular complexity index is 568. The van der Waals surface area contributed by atoms with Gasteiger partial charge in [0.15, 0.2) is 0 Å². The summed E-state index contributed by atoms with van der Waals surface area (Å²) in [6.07, 6.45) is 1.20. The van der Waals surface area contributed by atoms with Crippen LogP contribution < -0.4 is 10.0 Å². The van der Waals surface area contributed by atoms with Crippen LogP contribution in [-0.4, -0.2) is 32.5 Å². The summed E-state index contributed by atoms with van der Waals surface area (Å²) in [5.41, 5.74) is 1.24. The third-order valence-corrected chi connectivity index (χ3v) is 6.58. The van der Waals surface area contributed by atoms with Crippen molar-refractivity contribution in [2.24, 2.45) is 5.41 Å². The molecule has 1 saturated heterocycles. The minimum atomic E-state index is -3.36. The quantitative estimate of drug-likeness (QED) is 0.872. The first-order chi connectivity index (χ1) is 9.85. The maximum absolute atomic E-state index is 11.9. The van der Waals surface area contributed by atoms with Crippen molar-refractivity contribution in [2.75, 3.05) is 23.4 Å². The summed E-state index contributed by atoms with van der Waals surface area (Å²) in [5, 5.41) is 3.55. The van der Waals surface area contributed by atoms with Crippen molar-refractivity contribution < 1.29 is 8.42 Å². The number of nitrogens with one attached hydrogen (secondary N) is 2. The molecule has 0 aromatic heterocycles. The van der Waals surface area contributed by atoms with E-state index in [2.05, 4.69) is 23.9 Å². The zero-order chi connectivity index (χ0) is 15.5. The summed E-state index contributed by atoms with van der Waals surface area (Å²) < 4.78 is 26.3. The van der Waals surface area contributed by atoms with Crippen LogP contribution in [0.4, 0.5) is 5.69 Å². The number of sulfonamides is 1. The number of rotatable bonds is 5. The first-order valence-corrected chi connectivity index (χ1v) is 9.93. The van der Waals surface area contributed by atoms with Crippen molar-refractivity contribution in [2.45, 2.75) is 38.1 Å². The van der Waals surface area contributed by atoms with E-state index in [0.29, 0.717) is 17.5 Å². The predicted molar refractivity (Wildman–Crippen MR) is 90.4 cm³/mol. The Morgan fingerprint density at radius 3 is 2.52 bits per heavy atom. The summed E-state index contributed by atoms with van der Waals surface area (Å²) in [6, 6.07) is 7.42. The molecule has 1 heterocycles. The van der Waals surface area contributed by atoms with E-state index in [0.717, 1.165) is 11.4 Å². The molecule has 6 heteroatoms. The van der Waals surface area contributed by atoms with E-state index < -0.39 is 10.0 Å². The Hall–Kier alpha value is -0.720. The lowest BCUT2D eigenvalue weighted by Gasteiger charge is -2.39. The Morgan fingerprint density at radius 2 is 1.95 bits per heavy atom. The number of benzene rings is 1. The molecule has 1 atom stereocenters. The zero-order valence-corrected chi connectivity index (χ0v) is 14.5. The van der Waals surface area contributed by atoms with Crippen LogP contribution in [0, 0.1) is 5.41 Å². The summed E-state index contributed by atoms with van der Waals surface area (Å²) in [7, 11) is -3.36. The van der Waals surface area contributed by atoms with Crippen LogP contribution >= 0.6 is 11.8 Å².